The van der Waals surface area contributed by atoms with E-state index in [4.69, 9.17) is 9.59 Å². The molecular formula is C7H13NO2. The fraction of sp³-hybridized carbons (Fsp3) is 0.857. The molecule has 0 aromatic rings. The Morgan fingerprint density at radius 2 is 1.50 bits per heavy atom. The Bertz CT molecular complexity index is 102. The molecule has 3 heteroatoms. The first-order valence-electron chi connectivity index (χ1n) is 3.49. The lowest BCUT2D eigenvalue weighted by Crippen LogP contribution is -2.24. The lowest BCUT2D eigenvalue weighted by Gasteiger charge is -2.20. The lowest BCUT2D eigenvalue weighted by atomic mass is 10.1. The van der Waals surface area contributed by atoms with Gasteiger partial charge in [-0.3, -0.25) is 0 Å². The number of nitrogens with zero attached hydrogens (tertiary/aromatic N) is 1. The van der Waals surface area contributed by atoms with Gasteiger partial charge >= 0.3 is 6.15 Å². The van der Waals surface area contributed by atoms with Crippen LogP contribution in [0.2, 0.25) is 0 Å². The first-order valence-corrected chi connectivity index (χ1v) is 3.49. The average molecular weight is 143 g/mol. The molecule has 0 amide bonds. The second-order valence-electron chi connectivity index (χ2n) is 2.45. The molecule has 0 aromatic heterocycles. The van der Waals surface area contributed by atoms with Crippen molar-refractivity contribution in [3.05, 3.63) is 0 Å². The second kappa shape index (κ2) is 6.46. The molecule has 0 atom stereocenters. The molecule has 0 N–H and O–H groups in total. The molecule has 1 saturated heterocycles. The van der Waals surface area contributed by atoms with E-state index < -0.39 is 0 Å². The Labute approximate surface area is 61.0 Å². The highest BCUT2D eigenvalue weighted by atomic mass is 16.2. The van der Waals surface area contributed by atoms with Gasteiger partial charge in [0.1, 0.15) is 0 Å². The van der Waals surface area contributed by atoms with Crippen molar-refractivity contribution in [2.24, 2.45) is 0 Å². The normalized spacial score (nSPS) is 18.5. The van der Waals surface area contributed by atoms with Crippen LogP contribution in [0.25, 0.3) is 0 Å². The first-order chi connectivity index (χ1) is 4.81. The summed E-state index contributed by atoms with van der Waals surface area (Å²) in [6.07, 6.45) is 4.53. The summed E-state index contributed by atoms with van der Waals surface area (Å²) in [5.41, 5.74) is 0. The van der Waals surface area contributed by atoms with Crippen LogP contribution in [0.3, 0.4) is 0 Å². The molecule has 1 aliphatic rings. The molecule has 0 aromatic carbocycles. The van der Waals surface area contributed by atoms with Crippen molar-refractivity contribution in [2.45, 2.75) is 19.3 Å². The highest BCUT2D eigenvalue weighted by Crippen LogP contribution is 2.04. The van der Waals surface area contributed by atoms with Crippen LogP contribution < -0.4 is 0 Å². The Hall–Kier alpha value is -0.660. The zero-order valence-electron chi connectivity index (χ0n) is 6.30. The summed E-state index contributed by atoms with van der Waals surface area (Å²) in [6.45, 7) is 2.64. The van der Waals surface area contributed by atoms with Gasteiger partial charge in [0.05, 0.1) is 0 Å². The van der Waals surface area contributed by atoms with Crippen molar-refractivity contribution < 1.29 is 9.59 Å². The van der Waals surface area contributed by atoms with Crippen LogP contribution in [0.5, 0.6) is 0 Å². The molecule has 1 aliphatic heterocycles. The Morgan fingerprint density at radius 3 is 1.70 bits per heavy atom. The fourth-order valence-corrected chi connectivity index (χ4v) is 1.05. The first kappa shape index (κ1) is 9.34. The van der Waals surface area contributed by atoms with Crippen molar-refractivity contribution in [1.29, 1.82) is 0 Å². The van der Waals surface area contributed by atoms with Gasteiger partial charge in [-0.2, -0.15) is 9.59 Å². The Balaban J connectivity index is 0.000000236. The zero-order valence-corrected chi connectivity index (χ0v) is 6.30. The van der Waals surface area contributed by atoms with E-state index >= 15 is 0 Å². The van der Waals surface area contributed by atoms with Gasteiger partial charge in [0.25, 0.3) is 0 Å². The molecule has 1 fully saturated rings. The van der Waals surface area contributed by atoms with E-state index in [0.717, 1.165) is 0 Å². The smallest absolute Gasteiger partial charge is 0.306 e. The molecule has 3 nitrogen and oxygen atoms in total. The Kier molecular flexibility index (Phi) is 6.03. The van der Waals surface area contributed by atoms with E-state index in [1.165, 1.54) is 32.4 Å². The van der Waals surface area contributed by atoms with Gasteiger partial charge in [-0.05, 0) is 33.0 Å². The standard InChI is InChI=1S/C6H13N.CO2/c1-7-5-3-2-4-6-7;2-1-3/h2-6H2,1H3;. The van der Waals surface area contributed by atoms with Crippen molar-refractivity contribution in [3.63, 3.8) is 0 Å². The molecule has 0 radical (unpaired) electrons. The molecule has 0 bridgehead atoms. The summed E-state index contributed by atoms with van der Waals surface area (Å²) in [4.78, 5) is 18.6. The van der Waals surface area contributed by atoms with Gasteiger partial charge in [0.2, 0.25) is 0 Å². The minimum Gasteiger partial charge on any atom is -0.306 e. The zero-order chi connectivity index (χ0) is 7.82. The average Bonchev–Trinajstić information content (AvgIpc) is 1.91. The molecule has 0 spiro atoms. The van der Waals surface area contributed by atoms with Crippen molar-refractivity contribution in [2.75, 3.05) is 20.1 Å². The molecular weight excluding hydrogens is 130 g/mol. The van der Waals surface area contributed by atoms with Gasteiger partial charge in [0, 0.05) is 0 Å². The summed E-state index contributed by atoms with van der Waals surface area (Å²) < 4.78 is 0. The van der Waals surface area contributed by atoms with E-state index in [9.17, 15) is 0 Å². The number of hydrogen-bond donors (Lipinski definition) is 0. The van der Waals surface area contributed by atoms with Crippen molar-refractivity contribution in [1.82, 2.24) is 4.90 Å². The number of hydrogen-bond acceptors (Lipinski definition) is 3. The van der Waals surface area contributed by atoms with Crippen LogP contribution in [-0.2, 0) is 9.59 Å². The highest BCUT2D eigenvalue weighted by Gasteiger charge is 2.02. The number of piperidine rings is 1. The van der Waals surface area contributed by atoms with E-state index in [1.54, 1.807) is 0 Å². The SMILES string of the molecule is CN1CCCCC1.O=C=O. The molecule has 1 heterocycles. The maximum absolute atomic E-state index is 8.12. The molecule has 58 valence electrons. The van der Waals surface area contributed by atoms with Crippen LogP contribution in [0.1, 0.15) is 19.3 Å². The molecule has 0 saturated carbocycles. The van der Waals surface area contributed by atoms with E-state index in [-0.39, 0.29) is 6.15 Å². The second-order valence-corrected chi connectivity index (χ2v) is 2.45. The molecule has 1 rings (SSSR count). The molecule has 10 heavy (non-hydrogen) atoms. The van der Waals surface area contributed by atoms with Crippen LogP contribution in [-0.4, -0.2) is 31.2 Å². The highest BCUT2D eigenvalue weighted by molar-refractivity contribution is 5.20. The minimum atomic E-state index is 0.250. The number of carbonyl (C=O) groups excluding carboxylic acids is 2. The van der Waals surface area contributed by atoms with Crippen LogP contribution >= 0.6 is 0 Å². The van der Waals surface area contributed by atoms with Gasteiger partial charge in [-0.1, -0.05) is 6.42 Å². The van der Waals surface area contributed by atoms with Gasteiger partial charge in [-0.25, -0.2) is 0 Å². The van der Waals surface area contributed by atoms with Crippen molar-refractivity contribution >= 4 is 6.15 Å². The summed E-state index contributed by atoms with van der Waals surface area (Å²) >= 11 is 0. The lowest BCUT2D eigenvalue weighted by molar-refractivity contribution is -0.191. The van der Waals surface area contributed by atoms with Gasteiger partial charge in [-0.15, -0.1) is 0 Å². The molecule has 0 aliphatic carbocycles. The fourth-order valence-electron chi connectivity index (χ4n) is 1.05. The van der Waals surface area contributed by atoms with Gasteiger partial charge < -0.3 is 4.90 Å². The topological polar surface area (TPSA) is 37.4 Å². The third kappa shape index (κ3) is 5.48. The van der Waals surface area contributed by atoms with Crippen LogP contribution in [0, 0.1) is 0 Å². The van der Waals surface area contributed by atoms with Gasteiger partial charge in [0.15, 0.2) is 0 Å². The Morgan fingerprint density at radius 1 is 1.10 bits per heavy atom. The minimum absolute atomic E-state index is 0.250. The van der Waals surface area contributed by atoms with Crippen LogP contribution in [0.4, 0.5) is 0 Å². The third-order valence-electron chi connectivity index (χ3n) is 1.58. The molecule has 0 unspecified atom stereocenters. The number of rotatable bonds is 0. The summed E-state index contributed by atoms with van der Waals surface area (Å²) in [7, 11) is 2.19. The van der Waals surface area contributed by atoms with E-state index in [0.29, 0.717) is 0 Å². The van der Waals surface area contributed by atoms with E-state index in [2.05, 4.69) is 11.9 Å². The predicted molar refractivity (Wildman–Crippen MR) is 36.4 cm³/mol. The third-order valence-corrected chi connectivity index (χ3v) is 1.58. The largest absolute Gasteiger partial charge is 0.373 e. The predicted octanol–water partition coefficient (Wildman–Crippen LogP) is 0.519. The maximum Gasteiger partial charge on any atom is 0.373 e. The number of likely N-dealkylation sites (tertiary alicyclic amines) is 1. The summed E-state index contributed by atoms with van der Waals surface area (Å²) in [5, 5.41) is 0. The summed E-state index contributed by atoms with van der Waals surface area (Å²) in [5.74, 6) is 0. The summed E-state index contributed by atoms with van der Waals surface area (Å²) in [6, 6.07) is 0. The van der Waals surface area contributed by atoms with E-state index in [1.807, 2.05) is 0 Å². The maximum atomic E-state index is 8.12. The quantitative estimate of drug-likeness (QED) is 0.496. The monoisotopic (exact) mass is 143 g/mol. The van der Waals surface area contributed by atoms with Crippen molar-refractivity contribution in [3.8, 4) is 0 Å². The van der Waals surface area contributed by atoms with Crippen LogP contribution in [0.15, 0.2) is 0 Å².